The van der Waals surface area contributed by atoms with Gasteiger partial charge >= 0.3 is 0 Å². The molecule has 2 atom stereocenters. The number of sulfonamides is 1. The summed E-state index contributed by atoms with van der Waals surface area (Å²) in [4.78, 5) is 17.3. The molecule has 28 heavy (non-hydrogen) atoms. The molecule has 3 fully saturated rings. The number of fused-ring (bicyclic) bond motifs is 1. The Hall–Kier alpha value is -1.44. The largest absolute Gasteiger partial charge is 0.339 e. The van der Waals surface area contributed by atoms with E-state index in [0.717, 1.165) is 24.9 Å². The van der Waals surface area contributed by atoms with Gasteiger partial charge in [-0.25, -0.2) is 8.42 Å². The van der Waals surface area contributed by atoms with E-state index in [2.05, 4.69) is 4.90 Å². The van der Waals surface area contributed by atoms with E-state index in [1.165, 1.54) is 36.4 Å². The van der Waals surface area contributed by atoms with Crippen LogP contribution >= 0.6 is 0 Å². The van der Waals surface area contributed by atoms with Crippen LogP contribution in [-0.2, 0) is 14.8 Å². The van der Waals surface area contributed by atoms with E-state index in [9.17, 15) is 13.2 Å². The van der Waals surface area contributed by atoms with Crippen molar-refractivity contribution >= 4 is 15.9 Å². The van der Waals surface area contributed by atoms with Crippen molar-refractivity contribution in [1.82, 2.24) is 14.1 Å². The van der Waals surface area contributed by atoms with Crippen LogP contribution in [0.5, 0.6) is 0 Å². The fourth-order valence-electron chi connectivity index (χ4n) is 5.03. The Morgan fingerprint density at radius 3 is 2.29 bits per heavy atom. The first-order valence-electron chi connectivity index (χ1n) is 10.6. The SMILES string of the molecule is O=C(CN1CC[C@H]2CCCC[C@H]2C1)N1CCN(S(=O)(=O)c2ccccc2)CC1. The van der Waals surface area contributed by atoms with E-state index >= 15 is 0 Å². The maximum absolute atomic E-state index is 12.8. The van der Waals surface area contributed by atoms with Gasteiger partial charge in [0.1, 0.15) is 0 Å². The molecule has 4 rings (SSSR count). The number of benzene rings is 1. The lowest BCUT2D eigenvalue weighted by Gasteiger charge is -2.42. The number of hydrogen-bond acceptors (Lipinski definition) is 4. The number of piperidine rings is 1. The number of carbonyl (C=O) groups excluding carboxylic acids is 1. The Bertz CT molecular complexity index is 775. The van der Waals surface area contributed by atoms with Crippen LogP contribution in [0, 0.1) is 11.8 Å². The van der Waals surface area contributed by atoms with Gasteiger partial charge < -0.3 is 4.90 Å². The summed E-state index contributed by atoms with van der Waals surface area (Å²) in [5.74, 6) is 1.78. The second kappa shape index (κ2) is 8.51. The van der Waals surface area contributed by atoms with E-state index in [4.69, 9.17) is 0 Å². The zero-order valence-corrected chi connectivity index (χ0v) is 17.3. The Morgan fingerprint density at radius 2 is 1.57 bits per heavy atom. The summed E-state index contributed by atoms with van der Waals surface area (Å²) in [6, 6.07) is 8.54. The van der Waals surface area contributed by atoms with Crippen LogP contribution in [0.4, 0.5) is 0 Å². The van der Waals surface area contributed by atoms with Crippen molar-refractivity contribution < 1.29 is 13.2 Å². The molecule has 7 heteroatoms. The molecule has 1 saturated carbocycles. The molecular formula is C21H31N3O3S. The number of likely N-dealkylation sites (tertiary alicyclic amines) is 1. The van der Waals surface area contributed by atoms with Gasteiger partial charge in [-0.1, -0.05) is 37.5 Å². The highest BCUT2D eigenvalue weighted by Crippen LogP contribution is 2.35. The molecule has 0 aromatic heterocycles. The van der Waals surface area contributed by atoms with Gasteiger partial charge in [-0.2, -0.15) is 4.31 Å². The number of amides is 1. The first-order valence-corrected chi connectivity index (χ1v) is 12.0. The summed E-state index contributed by atoms with van der Waals surface area (Å²) in [6.07, 6.45) is 6.60. The van der Waals surface area contributed by atoms with Gasteiger partial charge in [0.15, 0.2) is 0 Å². The monoisotopic (exact) mass is 405 g/mol. The fraction of sp³-hybridized carbons (Fsp3) is 0.667. The van der Waals surface area contributed by atoms with E-state index in [-0.39, 0.29) is 5.91 Å². The summed E-state index contributed by atoms with van der Waals surface area (Å²) in [7, 11) is -3.47. The van der Waals surface area contributed by atoms with Gasteiger partial charge in [0.25, 0.3) is 0 Å². The quantitative estimate of drug-likeness (QED) is 0.769. The van der Waals surface area contributed by atoms with E-state index < -0.39 is 10.0 Å². The lowest BCUT2D eigenvalue weighted by Crippen LogP contribution is -2.53. The molecule has 2 aliphatic heterocycles. The standard InChI is InChI=1S/C21H31N3O3S/c25-21(17-22-11-10-18-6-4-5-7-19(18)16-22)23-12-14-24(15-13-23)28(26,27)20-8-2-1-3-9-20/h1-3,8-9,18-19H,4-7,10-17H2/t18-,19+/m1/s1. The molecule has 0 spiro atoms. The van der Waals surface area contributed by atoms with Crippen LogP contribution in [0.3, 0.4) is 0 Å². The molecule has 1 aromatic rings. The third-order valence-corrected chi connectivity index (χ3v) is 8.62. The van der Waals surface area contributed by atoms with Crippen LogP contribution < -0.4 is 0 Å². The minimum absolute atomic E-state index is 0.144. The van der Waals surface area contributed by atoms with Gasteiger partial charge in [0.05, 0.1) is 11.4 Å². The van der Waals surface area contributed by atoms with Gasteiger partial charge in [-0.3, -0.25) is 9.69 Å². The number of hydrogen-bond donors (Lipinski definition) is 0. The molecule has 1 aromatic carbocycles. The van der Waals surface area contributed by atoms with Crippen LogP contribution in [-0.4, -0.2) is 74.2 Å². The summed E-state index contributed by atoms with van der Waals surface area (Å²) in [5, 5.41) is 0. The zero-order valence-electron chi connectivity index (χ0n) is 16.5. The van der Waals surface area contributed by atoms with Crippen molar-refractivity contribution in [2.24, 2.45) is 11.8 Å². The third-order valence-electron chi connectivity index (χ3n) is 6.71. The second-order valence-corrected chi connectivity index (χ2v) is 10.4. The molecule has 3 aliphatic rings. The van der Waals surface area contributed by atoms with E-state index in [0.29, 0.717) is 37.6 Å². The fourth-order valence-corrected chi connectivity index (χ4v) is 6.47. The van der Waals surface area contributed by atoms with Crippen LogP contribution in [0.25, 0.3) is 0 Å². The van der Waals surface area contributed by atoms with Gasteiger partial charge in [-0.05, 0) is 43.4 Å². The number of nitrogens with zero attached hydrogens (tertiary/aromatic N) is 3. The van der Waals surface area contributed by atoms with Gasteiger partial charge in [0, 0.05) is 32.7 Å². The van der Waals surface area contributed by atoms with Crippen molar-refractivity contribution in [3.05, 3.63) is 30.3 Å². The summed E-state index contributed by atoms with van der Waals surface area (Å²) in [6.45, 7) is 4.25. The van der Waals surface area contributed by atoms with Crippen molar-refractivity contribution in [1.29, 1.82) is 0 Å². The molecule has 6 nitrogen and oxygen atoms in total. The predicted molar refractivity (Wildman–Crippen MR) is 108 cm³/mol. The van der Waals surface area contributed by atoms with Crippen LogP contribution in [0.1, 0.15) is 32.1 Å². The van der Waals surface area contributed by atoms with E-state index in [1.807, 2.05) is 11.0 Å². The van der Waals surface area contributed by atoms with Gasteiger partial charge in [0.2, 0.25) is 15.9 Å². The molecule has 1 aliphatic carbocycles. The van der Waals surface area contributed by atoms with E-state index in [1.54, 1.807) is 24.3 Å². The second-order valence-electron chi connectivity index (χ2n) is 8.43. The molecule has 0 bridgehead atoms. The Morgan fingerprint density at radius 1 is 0.893 bits per heavy atom. The predicted octanol–water partition coefficient (Wildman–Crippen LogP) is 2.03. The highest BCUT2D eigenvalue weighted by molar-refractivity contribution is 7.89. The lowest BCUT2D eigenvalue weighted by molar-refractivity contribution is -0.134. The molecule has 0 radical (unpaired) electrons. The summed E-state index contributed by atoms with van der Waals surface area (Å²) >= 11 is 0. The maximum atomic E-state index is 12.8. The normalized spacial score (nSPS) is 27.4. The van der Waals surface area contributed by atoms with Crippen LogP contribution in [0.2, 0.25) is 0 Å². The molecule has 154 valence electrons. The lowest BCUT2D eigenvalue weighted by atomic mass is 9.75. The topological polar surface area (TPSA) is 60.9 Å². The average Bonchev–Trinajstić information content (AvgIpc) is 2.74. The Labute approximate surface area is 168 Å². The number of carbonyl (C=O) groups is 1. The first-order chi connectivity index (χ1) is 13.5. The smallest absolute Gasteiger partial charge is 0.243 e. The maximum Gasteiger partial charge on any atom is 0.243 e. The van der Waals surface area contributed by atoms with Crippen molar-refractivity contribution in [3.8, 4) is 0 Å². The van der Waals surface area contributed by atoms with Crippen molar-refractivity contribution in [2.75, 3.05) is 45.8 Å². The zero-order chi connectivity index (χ0) is 19.6. The minimum atomic E-state index is -3.47. The molecule has 0 N–H and O–H groups in total. The molecule has 1 amide bonds. The van der Waals surface area contributed by atoms with Crippen molar-refractivity contribution in [2.45, 2.75) is 37.0 Å². The average molecular weight is 406 g/mol. The highest BCUT2D eigenvalue weighted by atomic mass is 32.2. The summed E-state index contributed by atoms with van der Waals surface area (Å²) < 4.78 is 27.0. The minimum Gasteiger partial charge on any atom is -0.339 e. The van der Waals surface area contributed by atoms with Gasteiger partial charge in [-0.15, -0.1) is 0 Å². The number of rotatable bonds is 4. The van der Waals surface area contributed by atoms with Crippen LogP contribution in [0.15, 0.2) is 35.2 Å². The Balaban J connectivity index is 1.28. The molecule has 0 unspecified atom stereocenters. The molecular weight excluding hydrogens is 374 g/mol. The Kier molecular flexibility index (Phi) is 6.04. The highest BCUT2D eigenvalue weighted by Gasteiger charge is 2.34. The summed E-state index contributed by atoms with van der Waals surface area (Å²) in [5.41, 5.74) is 0. The van der Waals surface area contributed by atoms with Crippen molar-refractivity contribution in [3.63, 3.8) is 0 Å². The molecule has 2 heterocycles. The number of piperazine rings is 1. The molecule has 2 saturated heterocycles. The first kappa shape index (κ1) is 19.9. The third kappa shape index (κ3) is 4.26.